The van der Waals surface area contributed by atoms with E-state index in [1.807, 2.05) is 0 Å². The number of alkyl halides is 1. The number of benzene rings is 1. The zero-order chi connectivity index (χ0) is 14.3. The third-order valence-corrected chi connectivity index (χ3v) is 2.38. The number of anilines is 1. The van der Waals surface area contributed by atoms with E-state index in [0.717, 1.165) is 0 Å². The van der Waals surface area contributed by atoms with Gasteiger partial charge in [-0.15, -0.1) is 11.6 Å². The number of amides is 1. The molecule has 7 heteroatoms. The molecule has 0 aliphatic carbocycles. The highest BCUT2D eigenvalue weighted by atomic mass is 35.5. The highest BCUT2D eigenvalue weighted by Gasteiger charge is 2.08. The van der Waals surface area contributed by atoms with Gasteiger partial charge in [0.25, 0.3) is 0 Å². The number of hydrogen-bond donors (Lipinski definition) is 2. The lowest BCUT2D eigenvalue weighted by atomic mass is 10.2. The molecule has 0 saturated heterocycles. The number of carbonyl (C=O) groups is 1. The van der Waals surface area contributed by atoms with Gasteiger partial charge in [0.2, 0.25) is 0 Å². The molecule has 0 aromatic heterocycles. The molecule has 0 atom stereocenters. The fourth-order valence-corrected chi connectivity index (χ4v) is 1.39. The van der Waals surface area contributed by atoms with Gasteiger partial charge < -0.3 is 15.2 Å². The summed E-state index contributed by atoms with van der Waals surface area (Å²) in [6.45, 7) is 2.02. The van der Waals surface area contributed by atoms with Gasteiger partial charge in [-0.25, -0.2) is 9.79 Å². The first kappa shape index (κ1) is 15.1. The third kappa shape index (κ3) is 4.67. The predicted octanol–water partition coefficient (Wildman–Crippen LogP) is 2.49. The van der Waals surface area contributed by atoms with Gasteiger partial charge in [0.05, 0.1) is 31.0 Å². The summed E-state index contributed by atoms with van der Waals surface area (Å²) in [5.74, 6) is 0.900. The van der Waals surface area contributed by atoms with Crippen molar-refractivity contribution in [2.75, 3.05) is 24.9 Å². The third-order valence-electron chi connectivity index (χ3n) is 2.11. The molecular formula is C12H16ClN3O3. The Morgan fingerprint density at radius 1 is 1.53 bits per heavy atom. The first-order chi connectivity index (χ1) is 9.10. The van der Waals surface area contributed by atoms with E-state index in [4.69, 9.17) is 26.8 Å². The standard InChI is InChI=1S/C12H16ClN3O3/c1-3-19-12(17)16-9-5-4-8(6-10(9)18-2)15-11(14)7-13/h4-6H,3,7H2,1-2H3,(H2,14,15)(H,16,17). The highest BCUT2D eigenvalue weighted by Crippen LogP contribution is 2.29. The minimum Gasteiger partial charge on any atom is -0.494 e. The molecule has 1 rings (SSSR count). The van der Waals surface area contributed by atoms with Gasteiger partial charge in [0, 0.05) is 6.07 Å². The maximum Gasteiger partial charge on any atom is 0.411 e. The number of rotatable bonds is 5. The van der Waals surface area contributed by atoms with Crippen molar-refractivity contribution in [3.05, 3.63) is 18.2 Å². The molecule has 0 aliphatic heterocycles. The molecular weight excluding hydrogens is 270 g/mol. The van der Waals surface area contributed by atoms with Crippen LogP contribution in [0.15, 0.2) is 23.2 Å². The molecule has 0 spiro atoms. The van der Waals surface area contributed by atoms with Gasteiger partial charge in [-0.05, 0) is 19.1 Å². The number of ether oxygens (including phenoxy) is 2. The van der Waals surface area contributed by atoms with Crippen molar-refractivity contribution in [2.24, 2.45) is 10.7 Å². The number of carbonyl (C=O) groups excluding carboxylic acids is 1. The van der Waals surface area contributed by atoms with E-state index in [1.54, 1.807) is 25.1 Å². The Morgan fingerprint density at radius 2 is 2.26 bits per heavy atom. The Morgan fingerprint density at radius 3 is 2.84 bits per heavy atom. The van der Waals surface area contributed by atoms with Gasteiger partial charge in [0.15, 0.2) is 0 Å². The number of nitrogens with two attached hydrogens (primary N) is 1. The van der Waals surface area contributed by atoms with Gasteiger partial charge in [-0.1, -0.05) is 0 Å². The monoisotopic (exact) mass is 285 g/mol. The Kier molecular flexibility index (Phi) is 5.95. The van der Waals surface area contributed by atoms with Crippen molar-refractivity contribution in [1.82, 2.24) is 0 Å². The molecule has 1 amide bonds. The quantitative estimate of drug-likeness (QED) is 0.494. The fourth-order valence-electron chi connectivity index (χ4n) is 1.33. The average molecular weight is 286 g/mol. The zero-order valence-electron chi connectivity index (χ0n) is 10.8. The van der Waals surface area contributed by atoms with E-state index in [0.29, 0.717) is 29.6 Å². The summed E-state index contributed by atoms with van der Waals surface area (Å²) in [6, 6.07) is 4.97. The first-order valence-corrected chi connectivity index (χ1v) is 6.15. The first-order valence-electron chi connectivity index (χ1n) is 5.61. The largest absolute Gasteiger partial charge is 0.494 e. The van der Waals surface area contributed by atoms with Crippen molar-refractivity contribution < 1.29 is 14.3 Å². The maximum atomic E-state index is 11.3. The molecule has 104 valence electrons. The van der Waals surface area contributed by atoms with Crippen LogP contribution in [0.3, 0.4) is 0 Å². The minimum absolute atomic E-state index is 0.144. The van der Waals surface area contributed by atoms with Crippen molar-refractivity contribution >= 4 is 34.9 Å². The summed E-state index contributed by atoms with van der Waals surface area (Å²) in [6.07, 6.45) is -0.544. The van der Waals surface area contributed by atoms with E-state index in [1.165, 1.54) is 7.11 Å². The number of amidine groups is 1. The number of halogens is 1. The lowest BCUT2D eigenvalue weighted by Gasteiger charge is -2.10. The summed E-state index contributed by atoms with van der Waals surface area (Å²) >= 11 is 5.55. The second kappa shape index (κ2) is 7.48. The van der Waals surface area contributed by atoms with E-state index in [2.05, 4.69) is 10.3 Å². The summed E-state index contributed by atoms with van der Waals surface area (Å²) in [7, 11) is 1.49. The number of nitrogens with zero attached hydrogens (tertiary/aromatic N) is 1. The van der Waals surface area contributed by atoms with Crippen LogP contribution in [0.1, 0.15) is 6.92 Å². The molecule has 6 nitrogen and oxygen atoms in total. The Hall–Kier alpha value is -1.95. The lowest BCUT2D eigenvalue weighted by Crippen LogP contribution is -2.14. The van der Waals surface area contributed by atoms with Crippen LogP contribution in [0.25, 0.3) is 0 Å². The molecule has 0 aliphatic rings. The van der Waals surface area contributed by atoms with Gasteiger partial charge in [-0.2, -0.15) is 0 Å². The van der Waals surface area contributed by atoms with Gasteiger partial charge >= 0.3 is 6.09 Å². The molecule has 1 aromatic rings. The SMILES string of the molecule is CCOC(=O)Nc1ccc(N=C(N)CCl)cc1OC. The number of aliphatic imine (C=N–C) groups is 1. The normalized spacial score (nSPS) is 11.0. The summed E-state index contributed by atoms with van der Waals surface area (Å²) < 4.78 is 9.95. The highest BCUT2D eigenvalue weighted by molar-refractivity contribution is 6.28. The predicted molar refractivity (Wildman–Crippen MR) is 75.6 cm³/mol. The number of methoxy groups -OCH3 is 1. The molecule has 19 heavy (non-hydrogen) atoms. The van der Waals surface area contributed by atoms with Crippen molar-refractivity contribution in [3.63, 3.8) is 0 Å². The summed E-state index contributed by atoms with van der Waals surface area (Å²) in [5.41, 5.74) is 6.62. The molecule has 1 aromatic carbocycles. The van der Waals surface area contributed by atoms with Crippen LogP contribution < -0.4 is 15.8 Å². The molecule has 3 N–H and O–H groups in total. The van der Waals surface area contributed by atoms with Gasteiger partial charge in [0.1, 0.15) is 11.6 Å². The van der Waals surface area contributed by atoms with Crippen LogP contribution >= 0.6 is 11.6 Å². The van der Waals surface area contributed by atoms with Crippen molar-refractivity contribution in [2.45, 2.75) is 6.92 Å². The van der Waals surface area contributed by atoms with Crippen LogP contribution in [0.2, 0.25) is 0 Å². The van der Waals surface area contributed by atoms with Crippen LogP contribution in [0, 0.1) is 0 Å². The summed E-state index contributed by atoms with van der Waals surface area (Å²) in [4.78, 5) is 15.4. The second-order valence-corrected chi connectivity index (χ2v) is 3.73. The number of nitrogens with one attached hydrogen (secondary N) is 1. The summed E-state index contributed by atoms with van der Waals surface area (Å²) in [5, 5.41) is 2.56. The fraction of sp³-hybridized carbons (Fsp3) is 0.333. The van der Waals surface area contributed by atoms with Crippen molar-refractivity contribution in [3.8, 4) is 5.75 Å². The van der Waals surface area contributed by atoms with E-state index >= 15 is 0 Å². The molecule has 0 saturated carbocycles. The van der Waals surface area contributed by atoms with Crippen LogP contribution in [-0.2, 0) is 4.74 Å². The molecule has 0 unspecified atom stereocenters. The minimum atomic E-state index is -0.544. The zero-order valence-corrected chi connectivity index (χ0v) is 11.5. The number of hydrogen-bond acceptors (Lipinski definition) is 4. The lowest BCUT2D eigenvalue weighted by molar-refractivity contribution is 0.168. The van der Waals surface area contributed by atoms with E-state index < -0.39 is 6.09 Å². The second-order valence-electron chi connectivity index (χ2n) is 3.47. The Balaban J connectivity index is 2.93. The Labute approximate surface area is 116 Å². The smallest absolute Gasteiger partial charge is 0.411 e. The van der Waals surface area contributed by atoms with Gasteiger partial charge in [-0.3, -0.25) is 5.32 Å². The molecule has 0 heterocycles. The van der Waals surface area contributed by atoms with E-state index in [-0.39, 0.29) is 5.88 Å². The molecule has 0 bridgehead atoms. The van der Waals surface area contributed by atoms with Crippen LogP contribution in [-0.4, -0.2) is 31.5 Å². The van der Waals surface area contributed by atoms with Crippen LogP contribution in [0.5, 0.6) is 5.75 Å². The van der Waals surface area contributed by atoms with Crippen molar-refractivity contribution in [1.29, 1.82) is 0 Å². The average Bonchev–Trinajstić information content (AvgIpc) is 2.40. The van der Waals surface area contributed by atoms with E-state index in [9.17, 15) is 4.79 Å². The topological polar surface area (TPSA) is 85.9 Å². The maximum absolute atomic E-state index is 11.3. The molecule has 0 radical (unpaired) electrons. The van der Waals surface area contributed by atoms with Crippen LogP contribution in [0.4, 0.5) is 16.2 Å². The molecule has 0 fully saturated rings. The Bertz CT molecular complexity index is 477.